The van der Waals surface area contributed by atoms with Gasteiger partial charge in [-0.1, -0.05) is 12.1 Å². The summed E-state index contributed by atoms with van der Waals surface area (Å²) in [7, 11) is 0. The average molecular weight is 700 g/mol. The van der Waals surface area contributed by atoms with Crippen molar-refractivity contribution in [2.75, 3.05) is 31.1 Å². The zero-order valence-electron chi connectivity index (χ0n) is 27.3. The number of rotatable bonds is 11. The molecule has 3 aliphatic heterocycles. The number of ether oxygens (including phenoxy) is 1. The summed E-state index contributed by atoms with van der Waals surface area (Å²) in [6, 6.07) is 4.05. The van der Waals surface area contributed by atoms with E-state index in [1.807, 2.05) is 0 Å². The van der Waals surface area contributed by atoms with Gasteiger partial charge in [0.05, 0.1) is 24.1 Å². The first kappa shape index (κ1) is 34.3. The van der Waals surface area contributed by atoms with E-state index >= 15 is 8.78 Å². The van der Waals surface area contributed by atoms with E-state index in [1.54, 1.807) is 57.6 Å². The molecule has 3 atom stereocenters. The van der Waals surface area contributed by atoms with E-state index in [1.165, 1.54) is 38.0 Å². The highest BCUT2D eigenvalue weighted by Gasteiger charge is 2.63. The summed E-state index contributed by atoms with van der Waals surface area (Å²) in [6.07, 6.45) is 3.43. The number of nitrogens with one attached hydrogen (secondary N) is 1. The van der Waals surface area contributed by atoms with Crippen LogP contribution in [0, 0.1) is 24.1 Å². The smallest absolute Gasteiger partial charge is 0.338 e. The highest BCUT2D eigenvalue weighted by molar-refractivity contribution is 7.11. The highest BCUT2D eigenvalue weighted by atomic mass is 32.1. The second-order valence-corrected chi connectivity index (χ2v) is 13.8. The zero-order valence-corrected chi connectivity index (χ0v) is 28.1. The quantitative estimate of drug-likeness (QED) is 0.282. The molecule has 260 valence electrons. The van der Waals surface area contributed by atoms with Crippen molar-refractivity contribution >= 4 is 40.8 Å². The number of aliphatic imine (C=N–C) groups is 1. The van der Waals surface area contributed by atoms with Gasteiger partial charge in [-0.25, -0.2) is 22.9 Å². The van der Waals surface area contributed by atoms with Crippen molar-refractivity contribution in [2.45, 2.75) is 58.7 Å². The average Bonchev–Trinajstić information content (AvgIpc) is 3.84. The number of carbonyl (C=O) groups is 3. The molecule has 0 aliphatic carbocycles. The van der Waals surface area contributed by atoms with Crippen LogP contribution in [0.25, 0.3) is 0 Å². The summed E-state index contributed by atoms with van der Waals surface area (Å²) in [4.78, 5) is 50.5. The van der Waals surface area contributed by atoms with Gasteiger partial charge in [0.15, 0.2) is 16.7 Å². The van der Waals surface area contributed by atoms with Crippen molar-refractivity contribution in [3.8, 4) is 0 Å². The number of aromatic nitrogens is 3. The SMILES string of the molecule is CCOC(=O)C1=C(CN2CC(F)(F)C3C(=O)N(c4ccn(CCC(C)(C)C(=O)O)n4)CC32)NC(c2nccs2)=N[C@H]1c1cccc(F)c1C. The third-order valence-corrected chi connectivity index (χ3v) is 10.1. The number of carboxylic acid groups (broad SMARTS) is 1. The van der Waals surface area contributed by atoms with Crippen LogP contribution >= 0.6 is 11.3 Å². The van der Waals surface area contributed by atoms with Gasteiger partial charge in [-0.15, -0.1) is 11.3 Å². The number of nitrogens with zero attached hydrogens (tertiary/aromatic N) is 6. The van der Waals surface area contributed by atoms with Gasteiger partial charge in [0.2, 0.25) is 5.91 Å². The molecule has 2 fully saturated rings. The van der Waals surface area contributed by atoms with E-state index in [4.69, 9.17) is 9.73 Å². The normalized spacial score (nSPS) is 22.3. The molecule has 2 saturated heterocycles. The van der Waals surface area contributed by atoms with E-state index in [9.17, 15) is 23.9 Å². The van der Waals surface area contributed by atoms with Crippen LogP contribution in [0.1, 0.15) is 49.4 Å². The van der Waals surface area contributed by atoms with Gasteiger partial charge in [0.1, 0.15) is 17.8 Å². The Morgan fingerprint density at radius 2 is 2.02 bits per heavy atom. The Morgan fingerprint density at radius 3 is 2.71 bits per heavy atom. The number of anilines is 1. The molecule has 0 radical (unpaired) electrons. The van der Waals surface area contributed by atoms with Crippen LogP contribution in [-0.4, -0.2) is 86.7 Å². The molecule has 49 heavy (non-hydrogen) atoms. The second-order valence-electron chi connectivity index (χ2n) is 12.9. The summed E-state index contributed by atoms with van der Waals surface area (Å²) in [6.45, 7) is 5.67. The van der Waals surface area contributed by atoms with Gasteiger partial charge in [-0.3, -0.25) is 29.1 Å². The predicted octanol–water partition coefficient (Wildman–Crippen LogP) is 4.18. The molecule has 3 aliphatic rings. The maximum absolute atomic E-state index is 15.7. The number of aryl methyl sites for hydroxylation is 1. The van der Waals surface area contributed by atoms with Crippen molar-refractivity contribution in [2.24, 2.45) is 16.3 Å². The minimum Gasteiger partial charge on any atom is -0.481 e. The summed E-state index contributed by atoms with van der Waals surface area (Å²) >= 11 is 1.28. The zero-order chi connectivity index (χ0) is 35.2. The van der Waals surface area contributed by atoms with E-state index in [2.05, 4.69) is 15.4 Å². The fourth-order valence-corrected chi connectivity index (χ4v) is 7.04. The molecule has 5 heterocycles. The molecule has 3 aromatic rings. The van der Waals surface area contributed by atoms with E-state index < -0.39 is 59.5 Å². The summed E-state index contributed by atoms with van der Waals surface area (Å²) < 4.78 is 53.2. The number of hydrogen-bond donors (Lipinski definition) is 2. The number of amides is 1. The van der Waals surface area contributed by atoms with Crippen LogP contribution < -0.4 is 10.2 Å². The monoisotopic (exact) mass is 699 g/mol. The third kappa shape index (κ3) is 6.46. The van der Waals surface area contributed by atoms with E-state index in [-0.39, 0.29) is 61.1 Å². The largest absolute Gasteiger partial charge is 0.481 e. The first-order valence-electron chi connectivity index (χ1n) is 15.8. The lowest BCUT2D eigenvalue weighted by molar-refractivity contribution is -0.147. The summed E-state index contributed by atoms with van der Waals surface area (Å²) in [5, 5.41) is 19.2. The number of esters is 1. The minimum absolute atomic E-state index is 0.0317. The number of thiazole rings is 1. The van der Waals surface area contributed by atoms with Crippen molar-refractivity contribution in [3.05, 3.63) is 75.3 Å². The molecule has 6 rings (SSSR count). The second kappa shape index (κ2) is 13.0. The van der Waals surface area contributed by atoms with Crippen molar-refractivity contribution in [3.63, 3.8) is 0 Å². The lowest BCUT2D eigenvalue weighted by atomic mass is 9.90. The van der Waals surface area contributed by atoms with Crippen molar-refractivity contribution in [1.29, 1.82) is 0 Å². The van der Waals surface area contributed by atoms with Crippen LogP contribution in [0.15, 0.2) is 58.3 Å². The van der Waals surface area contributed by atoms with Gasteiger partial charge in [0, 0.05) is 55.2 Å². The fraction of sp³-hybridized carbons (Fsp3) is 0.455. The maximum atomic E-state index is 15.7. The standard InChI is InChI=1S/C33H36F3N7O5S/c1-5-48-30(45)24-21(38-27(28-37-11-14-49-28)39-26(24)19-7-6-8-20(34)18(19)2)15-41-17-33(35,36)25-22(41)16-43(29(25)44)23-9-12-42(40-23)13-10-32(3,4)31(46)47/h6-9,11-12,14,22,25-26H,5,10,13,15-17H2,1-4H3,(H,38,39)(H,46,47)/t22?,25?,26-/m0/s1. The molecule has 0 saturated carbocycles. The van der Waals surface area contributed by atoms with Crippen molar-refractivity contribution in [1.82, 2.24) is 25.0 Å². The topological polar surface area (TPSA) is 142 Å². The Labute approximate surface area is 284 Å². The van der Waals surface area contributed by atoms with E-state index in [0.29, 0.717) is 10.6 Å². The number of fused-ring (bicyclic) bond motifs is 1. The number of amidine groups is 1. The molecule has 2 unspecified atom stereocenters. The maximum Gasteiger partial charge on any atom is 0.338 e. The highest BCUT2D eigenvalue weighted by Crippen LogP contribution is 2.45. The van der Waals surface area contributed by atoms with Crippen molar-refractivity contribution < 1.29 is 37.4 Å². The predicted molar refractivity (Wildman–Crippen MR) is 174 cm³/mol. The molecule has 16 heteroatoms. The third-order valence-electron chi connectivity index (χ3n) is 9.29. The molecule has 0 bridgehead atoms. The Hall–Kier alpha value is -4.57. The molecule has 0 spiro atoms. The van der Waals surface area contributed by atoms with Gasteiger partial charge in [-0.2, -0.15) is 5.10 Å². The number of carbonyl (C=O) groups excluding carboxylic acids is 2. The number of alkyl halides is 2. The number of halogens is 3. The van der Waals surface area contributed by atoms with Crippen LogP contribution in [0.4, 0.5) is 19.0 Å². The lowest BCUT2D eigenvalue weighted by Crippen LogP contribution is -2.43. The van der Waals surface area contributed by atoms with Crippen LogP contribution in [0.5, 0.6) is 0 Å². The Morgan fingerprint density at radius 1 is 1.24 bits per heavy atom. The number of hydrogen-bond acceptors (Lipinski definition) is 10. The fourth-order valence-electron chi connectivity index (χ4n) is 6.46. The Kier molecular flexibility index (Phi) is 9.13. The van der Waals surface area contributed by atoms with Gasteiger partial charge >= 0.3 is 11.9 Å². The lowest BCUT2D eigenvalue weighted by Gasteiger charge is -2.31. The minimum atomic E-state index is -3.39. The first-order valence-corrected chi connectivity index (χ1v) is 16.7. The molecule has 1 aromatic carbocycles. The van der Waals surface area contributed by atoms with Gasteiger partial charge in [0.25, 0.3) is 5.92 Å². The van der Waals surface area contributed by atoms with Crippen LogP contribution in [0.2, 0.25) is 0 Å². The van der Waals surface area contributed by atoms with Gasteiger partial charge < -0.3 is 15.2 Å². The molecule has 2 aromatic heterocycles. The summed E-state index contributed by atoms with van der Waals surface area (Å²) in [5.74, 6) is -7.54. The molecular weight excluding hydrogens is 663 g/mol. The number of likely N-dealkylation sites (tertiary alicyclic amines) is 1. The number of benzene rings is 1. The first-order chi connectivity index (χ1) is 23.2. The summed E-state index contributed by atoms with van der Waals surface area (Å²) in [5.41, 5.74) is -0.0405. The van der Waals surface area contributed by atoms with Gasteiger partial charge in [-0.05, 0) is 51.3 Å². The molecule has 1 amide bonds. The van der Waals surface area contributed by atoms with Crippen LogP contribution in [-0.2, 0) is 25.7 Å². The van der Waals surface area contributed by atoms with Crippen LogP contribution in [0.3, 0.4) is 0 Å². The number of aliphatic carboxylic acids is 1. The van der Waals surface area contributed by atoms with E-state index in [0.717, 1.165) is 0 Å². The molecular formula is C33H36F3N7O5S. The molecule has 12 nitrogen and oxygen atoms in total. The Bertz CT molecular complexity index is 1840. The number of carboxylic acids is 1. The molecule has 2 N–H and O–H groups in total. The Balaban J connectivity index is 1.33.